The van der Waals surface area contributed by atoms with Crippen molar-refractivity contribution in [3.63, 3.8) is 0 Å². The molecule has 0 radical (unpaired) electrons. The molecular formula is C49H54N2. The van der Waals surface area contributed by atoms with Crippen LogP contribution in [0.25, 0.3) is 16.8 Å². The van der Waals surface area contributed by atoms with E-state index in [2.05, 4.69) is 216 Å². The first-order chi connectivity index (χ1) is 25.0. The summed E-state index contributed by atoms with van der Waals surface area (Å²) in [5, 5.41) is 2.43. The first-order valence-corrected chi connectivity index (χ1v) is 18.2. The van der Waals surface area contributed by atoms with Gasteiger partial charge in [0.25, 0.3) is 0 Å². The van der Waals surface area contributed by atoms with Gasteiger partial charge in [-0.2, -0.15) is 0 Å². The van der Waals surface area contributed by atoms with E-state index in [1.807, 2.05) is 12.2 Å². The van der Waals surface area contributed by atoms with Crippen LogP contribution >= 0.6 is 0 Å². The van der Waals surface area contributed by atoms with Gasteiger partial charge in [0, 0.05) is 34.7 Å². The zero-order chi connectivity index (χ0) is 36.4. The van der Waals surface area contributed by atoms with E-state index in [1.54, 1.807) is 0 Å². The summed E-state index contributed by atoms with van der Waals surface area (Å²) in [6.07, 6.45) is 29.9. The number of allylic oxidation sites excluding steroid dienone is 14. The second-order valence-electron chi connectivity index (χ2n) is 12.3. The van der Waals surface area contributed by atoms with Crippen molar-refractivity contribution in [2.24, 2.45) is 0 Å². The second kappa shape index (κ2) is 20.2. The number of anilines is 3. The van der Waals surface area contributed by atoms with Gasteiger partial charge >= 0.3 is 0 Å². The molecule has 2 nitrogen and oxygen atoms in total. The van der Waals surface area contributed by atoms with Crippen LogP contribution in [0.15, 0.2) is 193 Å². The molecule has 0 unspecified atom stereocenters. The number of rotatable bonds is 16. The number of para-hydroxylation sites is 1. The fourth-order valence-electron chi connectivity index (χ4n) is 6.25. The van der Waals surface area contributed by atoms with Crippen LogP contribution in [-0.4, -0.2) is 6.54 Å². The van der Waals surface area contributed by atoms with Crippen molar-refractivity contribution in [3.8, 4) is 0 Å². The number of hydrogen-bond donors (Lipinski definition) is 0. The molecule has 0 fully saturated rings. The van der Waals surface area contributed by atoms with Gasteiger partial charge in [0.1, 0.15) is 0 Å². The summed E-state index contributed by atoms with van der Waals surface area (Å²) < 4.78 is 0. The third-order valence-electron chi connectivity index (χ3n) is 8.81. The highest BCUT2D eigenvalue weighted by molar-refractivity contribution is 5.96. The average Bonchev–Trinajstić information content (AvgIpc) is 3.16. The highest BCUT2D eigenvalue weighted by Gasteiger charge is 2.17. The molecule has 0 spiro atoms. The molecule has 4 rings (SSSR count). The summed E-state index contributed by atoms with van der Waals surface area (Å²) in [7, 11) is 0. The Labute approximate surface area is 307 Å². The largest absolute Gasteiger partial charge is 0.337 e. The maximum atomic E-state index is 3.87. The van der Waals surface area contributed by atoms with Gasteiger partial charge in [0.05, 0.1) is 5.69 Å². The lowest BCUT2D eigenvalue weighted by Gasteiger charge is -2.29. The van der Waals surface area contributed by atoms with E-state index in [0.717, 1.165) is 30.8 Å². The van der Waals surface area contributed by atoms with Crippen molar-refractivity contribution < 1.29 is 0 Å². The van der Waals surface area contributed by atoms with Crippen LogP contribution in [0.4, 0.5) is 17.1 Å². The van der Waals surface area contributed by atoms with Crippen molar-refractivity contribution in [2.75, 3.05) is 16.3 Å². The summed E-state index contributed by atoms with van der Waals surface area (Å²) >= 11 is 0. The predicted molar refractivity (Wildman–Crippen MR) is 228 cm³/mol. The lowest BCUT2D eigenvalue weighted by molar-refractivity contribution is 0.987. The number of hydrogen-bond acceptors (Lipinski definition) is 2. The van der Waals surface area contributed by atoms with E-state index >= 15 is 0 Å². The van der Waals surface area contributed by atoms with Gasteiger partial charge in [0.2, 0.25) is 0 Å². The molecule has 51 heavy (non-hydrogen) atoms. The maximum absolute atomic E-state index is 3.87. The molecule has 0 N–H and O–H groups in total. The van der Waals surface area contributed by atoms with Crippen molar-refractivity contribution in [1.29, 1.82) is 0 Å². The normalized spacial score (nSPS) is 13.4. The van der Waals surface area contributed by atoms with Crippen molar-refractivity contribution in [3.05, 3.63) is 204 Å². The van der Waals surface area contributed by atoms with E-state index in [-0.39, 0.29) is 0 Å². The lowest BCUT2D eigenvalue weighted by atomic mass is 10.0. The van der Waals surface area contributed by atoms with E-state index in [4.69, 9.17) is 0 Å². The Kier molecular flexibility index (Phi) is 15.1. The fourth-order valence-corrected chi connectivity index (χ4v) is 6.25. The molecule has 0 aliphatic carbocycles. The van der Waals surface area contributed by atoms with E-state index in [1.165, 1.54) is 50.1 Å². The highest BCUT2D eigenvalue weighted by Crippen LogP contribution is 2.34. The number of fused-ring (bicyclic) bond motifs is 1. The SMILES string of the molecule is C=C/C=C\C=C(/CC)N(C(/C=C\C)=C/C=C(C)/C(/C=C\CN(c1ccccc1)c1cccc(/C=C\C)c1C)=C/CC)c1cccc2ccccc12. The van der Waals surface area contributed by atoms with E-state index in [0.29, 0.717) is 0 Å². The van der Waals surface area contributed by atoms with Crippen molar-refractivity contribution in [1.82, 2.24) is 0 Å². The van der Waals surface area contributed by atoms with Crippen LogP contribution in [0.1, 0.15) is 58.6 Å². The smallest absolute Gasteiger partial charge is 0.0536 e. The Morgan fingerprint density at radius 2 is 1.47 bits per heavy atom. The first-order valence-electron chi connectivity index (χ1n) is 18.2. The third kappa shape index (κ3) is 10.2. The summed E-state index contributed by atoms with van der Waals surface area (Å²) in [5.41, 5.74) is 10.8. The molecule has 0 atom stereocenters. The number of benzene rings is 4. The van der Waals surface area contributed by atoms with Gasteiger partial charge in [-0.1, -0.05) is 148 Å². The van der Waals surface area contributed by atoms with Crippen LogP contribution in [0.2, 0.25) is 0 Å². The molecule has 0 heterocycles. The zero-order valence-electron chi connectivity index (χ0n) is 31.4. The minimum absolute atomic E-state index is 0.746. The minimum Gasteiger partial charge on any atom is -0.337 e. The van der Waals surface area contributed by atoms with E-state index in [9.17, 15) is 0 Å². The van der Waals surface area contributed by atoms with Crippen molar-refractivity contribution in [2.45, 2.75) is 54.4 Å². The van der Waals surface area contributed by atoms with Gasteiger partial charge in [0.15, 0.2) is 0 Å². The van der Waals surface area contributed by atoms with Gasteiger partial charge in [-0.05, 0) is 111 Å². The average molecular weight is 671 g/mol. The Morgan fingerprint density at radius 3 is 2.20 bits per heavy atom. The van der Waals surface area contributed by atoms with Crippen LogP contribution in [0.5, 0.6) is 0 Å². The molecule has 0 aliphatic rings. The second-order valence-corrected chi connectivity index (χ2v) is 12.3. The molecule has 0 saturated carbocycles. The Balaban J connectivity index is 1.75. The molecule has 0 amide bonds. The maximum Gasteiger partial charge on any atom is 0.0536 e. The molecule has 0 aromatic heterocycles. The Bertz CT molecular complexity index is 1990. The summed E-state index contributed by atoms with van der Waals surface area (Å²) in [5.74, 6) is 0. The molecule has 4 aromatic carbocycles. The predicted octanol–water partition coefficient (Wildman–Crippen LogP) is 14.2. The standard InChI is InChI=1S/C49H54N2/c1-8-13-15-30-44(12-5)51(49-35-21-28-43-26-18-19-33-47(43)49)46(25-11-4)37-36-39(6)41(23-9-2)29-22-38-50(45-31-16-14-17-32-45)48-34-20-27-42(24-10-3)40(48)7/h8,10-11,13-37H,1,9,12,38H2,2-7H3/b15-13-,24-10-,25-11-,29-22-,39-36+,41-23+,44-30+,46-37+. The molecule has 4 aromatic rings. The molecule has 2 heteroatoms. The fraction of sp³-hybridized carbons (Fsp3) is 0.184. The number of nitrogens with zero attached hydrogens (tertiary/aromatic N) is 2. The van der Waals surface area contributed by atoms with Crippen LogP contribution in [0.3, 0.4) is 0 Å². The summed E-state index contributed by atoms with van der Waals surface area (Å²) in [4.78, 5) is 4.79. The summed E-state index contributed by atoms with van der Waals surface area (Å²) in [6.45, 7) is 17.6. The van der Waals surface area contributed by atoms with E-state index < -0.39 is 0 Å². The molecule has 260 valence electrons. The van der Waals surface area contributed by atoms with Gasteiger partial charge < -0.3 is 9.80 Å². The zero-order valence-corrected chi connectivity index (χ0v) is 31.4. The quantitative estimate of drug-likeness (QED) is 0.109. The van der Waals surface area contributed by atoms with Crippen LogP contribution < -0.4 is 9.80 Å². The minimum atomic E-state index is 0.746. The molecule has 0 aliphatic heterocycles. The molecule has 0 saturated heterocycles. The Morgan fingerprint density at radius 1 is 0.745 bits per heavy atom. The van der Waals surface area contributed by atoms with Gasteiger partial charge in [-0.15, -0.1) is 0 Å². The molecular weight excluding hydrogens is 617 g/mol. The summed E-state index contributed by atoms with van der Waals surface area (Å²) in [6, 6.07) is 32.4. The highest BCUT2D eigenvalue weighted by atomic mass is 15.2. The van der Waals surface area contributed by atoms with Gasteiger partial charge in [-0.25, -0.2) is 0 Å². The van der Waals surface area contributed by atoms with Crippen LogP contribution in [-0.2, 0) is 0 Å². The van der Waals surface area contributed by atoms with Crippen molar-refractivity contribution >= 4 is 33.9 Å². The Hall–Kier alpha value is -5.60. The lowest BCUT2D eigenvalue weighted by Crippen LogP contribution is -2.21. The first kappa shape index (κ1) is 38.2. The monoisotopic (exact) mass is 670 g/mol. The van der Waals surface area contributed by atoms with Crippen LogP contribution in [0, 0.1) is 6.92 Å². The van der Waals surface area contributed by atoms with Gasteiger partial charge in [-0.3, -0.25) is 0 Å². The topological polar surface area (TPSA) is 6.48 Å². The molecule has 0 bridgehead atoms. The third-order valence-corrected chi connectivity index (χ3v) is 8.81.